The number of pyridine rings is 1. The number of hydrogen-bond donors (Lipinski definition) is 1. The van der Waals surface area contributed by atoms with Gasteiger partial charge in [0.15, 0.2) is 0 Å². The van der Waals surface area contributed by atoms with Crippen LogP contribution < -0.4 is 5.32 Å². The first-order chi connectivity index (χ1) is 10.5. The van der Waals surface area contributed by atoms with Crippen LogP contribution in [0.3, 0.4) is 0 Å². The molecule has 0 spiro atoms. The van der Waals surface area contributed by atoms with Crippen LogP contribution in [-0.4, -0.2) is 29.4 Å². The quantitative estimate of drug-likeness (QED) is 0.911. The van der Waals surface area contributed by atoms with Gasteiger partial charge in [0.1, 0.15) is 0 Å². The third kappa shape index (κ3) is 3.24. The highest BCUT2D eigenvalue weighted by molar-refractivity contribution is 6.35. The van der Waals surface area contributed by atoms with Crippen LogP contribution in [0.15, 0.2) is 30.6 Å². The molecule has 0 atom stereocenters. The number of nitrogens with one attached hydrogen (secondary N) is 1. The zero-order chi connectivity index (χ0) is 15.7. The number of benzene rings is 1. The Kier molecular flexibility index (Phi) is 4.34. The molecule has 0 aliphatic carbocycles. The van der Waals surface area contributed by atoms with Gasteiger partial charge in [-0.25, -0.2) is 0 Å². The number of amides is 1. The van der Waals surface area contributed by atoms with E-state index in [1.54, 1.807) is 24.4 Å². The molecule has 0 fully saturated rings. The summed E-state index contributed by atoms with van der Waals surface area (Å²) in [6, 6.07) is 4.96. The number of likely N-dealkylation sites (N-methyl/N-ethyl adjacent to an activating group) is 1. The van der Waals surface area contributed by atoms with E-state index in [9.17, 15) is 4.79 Å². The molecule has 0 unspecified atom stereocenters. The SMILES string of the molecule is CN1CCc2c(cncc2C(=O)Nc2cc(Cl)cc(Cl)c2)C1. The summed E-state index contributed by atoms with van der Waals surface area (Å²) in [7, 11) is 2.06. The van der Waals surface area contributed by atoms with Gasteiger partial charge in [0.2, 0.25) is 0 Å². The highest BCUT2D eigenvalue weighted by Crippen LogP contribution is 2.25. The summed E-state index contributed by atoms with van der Waals surface area (Å²) in [4.78, 5) is 18.9. The molecule has 1 aromatic heterocycles. The standard InChI is InChI=1S/C16H15Cl2N3O/c1-21-3-2-14-10(9-21)7-19-8-15(14)16(22)20-13-5-11(17)4-12(18)6-13/h4-8H,2-3,9H2,1H3,(H,20,22). The minimum absolute atomic E-state index is 0.188. The molecule has 114 valence electrons. The Balaban J connectivity index is 1.88. The number of hydrogen-bond acceptors (Lipinski definition) is 3. The van der Waals surface area contributed by atoms with Crippen LogP contribution in [0.5, 0.6) is 0 Å². The summed E-state index contributed by atoms with van der Waals surface area (Å²) >= 11 is 11.9. The monoisotopic (exact) mass is 335 g/mol. The lowest BCUT2D eigenvalue weighted by atomic mass is 9.97. The van der Waals surface area contributed by atoms with E-state index >= 15 is 0 Å². The van der Waals surface area contributed by atoms with Crippen molar-refractivity contribution < 1.29 is 4.79 Å². The first-order valence-electron chi connectivity index (χ1n) is 6.94. The van der Waals surface area contributed by atoms with E-state index in [0.29, 0.717) is 21.3 Å². The summed E-state index contributed by atoms with van der Waals surface area (Å²) in [5.74, 6) is -0.188. The van der Waals surface area contributed by atoms with Crippen LogP contribution in [0.4, 0.5) is 5.69 Å². The van der Waals surface area contributed by atoms with Crippen molar-refractivity contribution in [1.29, 1.82) is 0 Å². The highest BCUT2D eigenvalue weighted by Gasteiger charge is 2.20. The fourth-order valence-electron chi connectivity index (χ4n) is 2.65. The van der Waals surface area contributed by atoms with E-state index in [0.717, 1.165) is 30.6 Å². The molecule has 1 amide bonds. The van der Waals surface area contributed by atoms with Crippen LogP contribution in [0.1, 0.15) is 21.5 Å². The van der Waals surface area contributed by atoms with Crippen LogP contribution in [0, 0.1) is 0 Å². The molecule has 1 aromatic carbocycles. The normalized spacial score (nSPS) is 14.5. The topological polar surface area (TPSA) is 45.2 Å². The second kappa shape index (κ2) is 6.24. The molecule has 4 nitrogen and oxygen atoms in total. The molecule has 1 N–H and O–H groups in total. The predicted octanol–water partition coefficient (Wildman–Crippen LogP) is 3.63. The van der Waals surface area contributed by atoms with Crippen molar-refractivity contribution in [2.45, 2.75) is 13.0 Å². The fraction of sp³-hybridized carbons (Fsp3) is 0.250. The third-order valence-electron chi connectivity index (χ3n) is 3.70. The second-order valence-corrected chi connectivity index (χ2v) is 6.30. The van der Waals surface area contributed by atoms with Crippen LogP contribution in [0.2, 0.25) is 10.0 Å². The Bertz CT molecular complexity index is 713. The Hall–Kier alpha value is -1.62. The van der Waals surface area contributed by atoms with E-state index in [1.807, 2.05) is 6.20 Å². The first-order valence-corrected chi connectivity index (χ1v) is 7.70. The van der Waals surface area contributed by atoms with E-state index in [4.69, 9.17) is 23.2 Å². The number of anilines is 1. The molecule has 1 aliphatic rings. The van der Waals surface area contributed by atoms with E-state index < -0.39 is 0 Å². The summed E-state index contributed by atoms with van der Waals surface area (Å²) in [6.45, 7) is 1.74. The Morgan fingerprint density at radius 2 is 1.95 bits per heavy atom. The fourth-order valence-corrected chi connectivity index (χ4v) is 3.18. The van der Waals surface area contributed by atoms with Crippen molar-refractivity contribution in [3.8, 4) is 0 Å². The number of nitrogens with zero attached hydrogens (tertiary/aromatic N) is 2. The van der Waals surface area contributed by atoms with Gasteiger partial charge in [-0.2, -0.15) is 0 Å². The summed E-state index contributed by atoms with van der Waals surface area (Å²) in [6.07, 6.45) is 4.29. The molecule has 0 saturated carbocycles. The van der Waals surface area contributed by atoms with Gasteiger partial charge in [0.05, 0.1) is 5.56 Å². The van der Waals surface area contributed by atoms with E-state index in [-0.39, 0.29) is 5.91 Å². The number of carbonyl (C=O) groups excluding carboxylic acids is 1. The average Bonchev–Trinajstić information content (AvgIpc) is 2.45. The molecule has 3 rings (SSSR count). The molecular weight excluding hydrogens is 321 g/mol. The summed E-state index contributed by atoms with van der Waals surface area (Å²) in [5, 5.41) is 3.81. The van der Waals surface area contributed by atoms with Crippen LogP contribution >= 0.6 is 23.2 Å². The summed E-state index contributed by atoms with van der Waals surface area (Å²) < 4.78 is 0. The second-order valence-electron chi connectivity index (χ2n) is 5.42. The molecule has 2 aromatic rings. The Labute approximate surface area is 139 Å². The first kappa shape index (κ1) is 15.3. The van der Waals surface area contributed by atoms with E-state index in [1.165, 1.54) is 0 Å². The molecule has 0 saturated heterocycles. The molecule has 2 heterocycles. The van der Waals surface area contributed by atoms with Gasteiger partial charge in [-0.1, -0.05) is 23.2 Å². The number of fused-ring (bicyclic) bond motifs is 1. The summed E-state index contributed by atoms with van der Waals surface area (Å²) in [5.41, 5.74) is 3.36. The lowest BCUT2D eigenvalue weighted by molar-refractivity contribution is 0.102. The van der Waals surface area contributed by atoms with Crippen molar-refractivity contribution in [2.24, 2.45) is 0 Å². The maximum atomic E-state index is 12.5. The molecule has 0 bridgehead atoms. The molecule has 22 heavy (non-hydrogen) atoms. The number of carbonyl (C=O) groups is 1. The van der Waals surface area contributed by atoms with Crippen molar-refractivity contribution in [1.82, 2.24) is 9.88 Å². The van der Waals surface area contributed by atoms with Crippen molar-refractivity contribution in [2.75, 3.05) is 18.9 Å². The van der Waals surface area contributed by atoms with Crippen LogP contribution in [-0.2, 0) is 13.0 Å². The highest BCUT2D eigenvalue weighted by atomic mass is 35.5. The maximum absolute atomic E-state index is 12.5. The van der Waals surface area contributed by atoms with Crippen LogP contribution in [0.25, 0.3) is 0 Å². The zero-order valence-corrected chi connectivity index (χ0v) is 13.6. The van der Waals surface area contributed by atoms with Gasteiger partial charge in [0, 0.05) is 41.2 Å². The van der Waals surface area contributed by atoms with Crippen molar-refractivity contribution >= 4 is 34.8 Å². The average molecular weight is 336 g/mol. The lowest BCUT2D eigenvalue weighted by Gasteiger charge is -2.26. The molecule has 1 aliphatic heterocycles. The van der Waals surface area contributed by atoms with Gasteiger partial charge in [-0.3, -0.25) is 9.78 Å². The Morgan fingerprint density at radius 3 is 2.68 bits per heavy atom. The van der Waals surface area contributed by atoms with Gasteiger partial charge in [-0.05, 0) is 42.8 Å². The third-order valence-corrected chi connectivity index (χ3v) is 4.13. The number of rotatable bonds is 2. The predicted molar refractivity (Wildman–Crippen MR) is 88.7 cm³/mol. The zero-order valence-electron chi connectivity index (χ0n) is 12.1. The van der Waals surface area contributed by atoms with Gasteiger partial charge >= 0.3 is 0 Å². The lowest BCUT2D eigenvalue weighted by Crippen LogP contribution is -2.29. The van der Waals surface area contributed by atoms with E-state index in [2.05, 4.69) is 22.2 Å². The van der Waals surface area contributed by atoms with Gasteiger partial charge in [0.25, 0.3) is 5.91 Å². The van der Waals surface area contributed by atoms with Crippen molar-refractivity contribution in [3.63, 3.8) is 0 Å². The number of aromatic nitrogens is 1. The Morgan fingerprint density at radius 1 is 1.23 bits per heavy atom. The molecular formula is C16H15Cl2N3O. The maximum Gasteiger partial charge on any atom is 0.257 e. The minimum atomic E-state index is -0.188. The molecule has 6 heteroatoms. The number of halogens is 2. The smallest absolute Gasteiger partial charge is 0.257 e. The largest absolute Gasteiger partial charge is 0.322 e. The van der Waals surface area contributed by atoms with Gasteiger partial charge < -0.3 is 10.2 Å². The molecule has 0 radical (unpaired) electrons. The minimum Gasteiger partial charge on any atom is -0.322 e. The van der Waals surface area contributed by atoms with Crippen molar-refractivity contribution in [3.05, 3.63) is 57.3 Å². The van der Waals surface area contributed by atoms with Gasteiger partial charge in [-0.15, -0.1) is 0 Å².